The zero-order valence-electron chi connectivity index (χ0n) is 11.3. The van der Waals surface area contributed by atoms with E-state index in [0.717, 1.165) is 25.9 Å². The van der Waals surface area contributed by atoms with E-state index in [1.54, 1.807) is 11.3 Å². The number of thiophene rings is 1. The third-order valence-electron chi connectivity index (χ3n) is 3.16. The lowest BCUT2D eigenvalue weighted by atomic mass is 9.91. The second kappa shape index (κ2) is 5.31. The second-order valence-corrected chi connectivity index (χ2v) is 6.58. The smallest absolute Gasteiger partial charge is 0.410 e. The molecule has 0 saturated carbocycles. The van der Waals surface area contributed by atoms with Crippen LogP contribution < -0.4 is 0 Å². The van der Waals surface area contributed by atoms with Crippen LogP contribution in [0.1, 0.15) is 45.1 Å². The number of hydrogen-bond donors (Lipinski definition) is 0. The fourth-order valence-electron chi connectivity index (χ4n) is 2.23. The molecule has 0 bridgehead atoms. The minimum absolute atomic E-state index is 0.175. The van der Waals surface area contributed by atoms with Gasteiger partial charge in [0.05, 0.1) is 0 Å². The first-order valence-electron chi connectivity index (χ1n) is 6.46. The summed E-state index contributed by atoms with van der Waals surface area (Å²) in [5.41, 5.74) is 1.02. The molecule has 1 fully saturated rings. The fourth-order valence-corrected chi connectivity index (χ4v) is 2.97. The van der Waals surface area contributed by atoms with Gasteiger partial charge in [-0.05, 0) is 61.9 Å². The van der Waals surface area contributed by atoms with E-state index in [0.29, 0.717) is 5.92 Å². The number of rotatable bonds is 1. The minimum Gasteiger partial charge on any atom is -0.444 e. The van der Waals surface area contributed by atoms with Gasteiger partial charge in [0.25, 0.3) is 0 Å². The average Bonchev–Trinajstić information content (AvgIpc) is 2.80. The Bertz CT molecular complexity index is 386. The van der Waals surface area contributed by atoms with Gasteiger partial charge in [-0.1, -0.05) is 0 Å². The lowest BCUT2D eigenvalue weighted by Crippen LogP contribution is -2.41. The SMILES string of the molecule is CC(C)(C)OC(=O)N1CCC(c2ccsc2)CC1. The average molecular weight is 267 g/mol. The molecule has 18 heavy (non-hydrogen) atoms. The first-order valence-corrected chi connectivity index (χ1v) is 7.40. The van der Waals surface area contributed by atoms with E-state index < -0.39 is 5.60 Å². The maximum absolute atomic E-state index is 11.9. The number of carbonyl (C=O) groups excluding carboxylic acids is 1. The first-order chi connectivity index (χ1) is 8.46. The van der Waals surface area contributed by atoms with Gasteiger partial charge in [-0.2, -0.15) is 11.3 Å². The summed E-state index contributed by atoms with van der Waals surface area (Å²) in [5.74, 6) is 0.606. The molecule has 1 aliphatic heterocycles. The number of ether oxygens (including phenoxy) is 1. The molecule has 0 N–H and O–H groups in total. The highest BCUT2D eigenvalue weighted by atomic mass is 32.1. The Morgan fingerprint density at radius 3 is 2.56 bits per heavy atom. The Labute approximate surface area is 113 Å². The van der Waals surface area contributed by atoms with Gasteiger partial charge in [0.1, 0.15) is 5.60 Å². The van der Waals surface area contributed by atoms with Gasteiger partial charge >= 0.3 is 6.09 Å². The third kappa shape index (κ3) is 3.48. The van der Waals surface area contributed by atoms with E-state index in [-0.39, 0.29) is 6.09 Å². The van der Waals surface area contributed by atoms with Crippen LogP contribution in [0.5, 0.6) is 0 Å². The van der Waals surface area contributed by atoms with Gasteiger partial charge in [-0.15, -0.1) is 0 Å². The number of hydrogen-bond acceptors (Lipinski definition) is 3. The Hall–Kier alpha value is -1.03. The molecule has 0 unspecified atom stereocenters. The molecule has 1 amide bonds. The largest absolute Gasteiger partial charge is 0.444 e. The molecule has 0 aromatic carbocycles. The van der Waals surface area contributed by atoms with E-state index in [9.17, 15) is 4.79 Å². The summed E-state index contributed by atoms with van der Waals surface area (Å²) < 4.78 is 5.39. The van der Waals surface area contributed by atoms with Gasteiger partial charge in [0.2, 0.25) is 0 Å². The Balaban J connectivity index is 1.85. The van der Waals surface area contributed by atoms with Crippen LogP contribution in [-0.2, 0) is 4.74 Å². The predicted octanol–water partition coefficient (Wildman–Crippen LogP) is 3.86. The molecule has 1 aliphatic rings. The van der Waals surface area contributed by atoms with Crippen molar-refractivity contribution >= 4 is 17.4 Å². The molecule has 0 radical (unpaired) electrons. The lowest BCUT2D eigenvalue weighted by molar-refractivity contribution is 0.0205. The highest BCUT2D eigenvalue weighted by molar-refractivity contribution is 7.07. The quantitative estimate of drug-likeness (QED) is 0.773. The number of piperidine rings is 1. The summed E-state index contributed by atoms with van der Waals surface area (Å²) in [5, 5.41) is 4.34. The first kappa shape index (κ1) is 13.4. The van der Waals surface area contributed by atoms with Crippen LogP contribution in [0.2, 0.25) is 0 Å². The predicted molar refractivity (Wildman–Crippen MR) is 74.1 cm³/mol. The van der Waals surface area contributed by atoms with Crippen molar-refractivity contribution in [2.24, 2.45) is 0 Å². The van der Waals surface area contributed by atoms with Gasteiger partial charge in [-0.3, -0.25) is 0 Å². The Morgan fingerprint density at radius 1 is 1.39 bits per heavy atom. The summed E-state index contributed by atoms with van der Waals surface area (Å²) in [6, 6.07) is 2.19. The molecule has 2 heterocycles. The summed E-state index contributed by atoms with van der Waals surface area (Å²) in [6.07, 6.45) is 1.90. The zero-order valence-corrected chi connectivity index (χ0v) is 12.1. The van der Waals surface area contributed by atoms with Crippen molar-refractivity contribution < 1.29 is 9.53 Å². The number of amides is 1. The van der Waals surface area contributed by atoms with Crippen molar-refractivity contribution in [1.82, 2.24) is 4.90 Å². The van der Waals surface area contributed by atoms with Gasteiger partial charge < -0.3 is 9.64 Å². The van der Waals surface area contributed by atoms with Gasteiger partial charge in [-0.25, -0.2) is 4.79 Å². The van der Waals surface area contributed by atoms with Crippen molar-refractivity contribution in [1.29, 1.82) is 0 Å². The van der Waals surface area contributed by atoms with Crippen molar-refractivity contribution in [3.05, 3.63) is 22.4 Å². The highest BCUT2D eigenvalue weighted by Crippen LogP contribution is 2.29. The molecule has 4 heteroatoms. The molecule has 0 atom stereocenters. The van der Waals surface area contributed by atoms with Crippen LogP contribution in [0.25, 0.3) is 0 Å². The van der Waals surface area contributed by atoms with Gasteiger partial charge in [0.15, 0.2) is 0 Å². The van der Waals surface area contributed by atoms with Crippen LogP contribution in [0, 0.1) is 0 Å². The van der Waals surface area contributed by atoms with Crippen LogP contribution >= 0.6 is 11.3 Å². The monoisotopic (exact) mass is 267 g/mol. The summed E-state index contributed by atoms with van der Waals surface area (Å²) in [6.45, 7) is 7.32. The van der Waals surface area contributed by atoms with Crippen molar-refractivity contribution in [2.75, 3.05) is 13.1 Å². The molecule has 2 rings (SSSR count). The Morgan fingerprint density at radius 2 is 2.06 bits per heavy atom. The maximum atomic E-state index is 11.9. The number of nitrogens with zero attached hydrogens (tertiary/aromatic N) is 1. The highest BCUT2D eigenvalue weighted by Gasteiger charge is 2.27. The molecule has 1 aromatic rings. The molecule has 1 aromatic heterocycles. The fraction of sp³-hybridized carbons (Fsp3) is 0.643. The van der Waals surface area contributed by atoms with E-state index in [1.165, 1.54) is 5.56 Å². The van der Waals surface area contributed by atoms with Crippen molar-refractivity contribution in [3.63, 3.8) is 0 Å². The molecular weight excluding hydrogens is 246 g/mol. The lowest BCUT2D eigenvalue weighted by Gasteiger charge is -2.33. The standard InChI is InChI=1S/C14H21NO2S/c1-14(2,3)17-13(16)15-7-4-11(5-8-15)12-6-9-18-10-12/h6,9-11H,4-5,7-8H2,1-3H3. The summed E-state index contributed by atoms with van der Waals surface area (Å²) >= 11 is 1.74. The molecule has 0 aliphatic carbocycles. The number of carbonyl (C=O) groups is 1. The zero-order chi connectivity index (χ0) is 13.2. The molecule has 3 nitrogen and oxygen atoms in total. The van der Waals surface area contributed by atoms with E-state index >= 15 is 0 Å². The topological polar surface area (TPSA) is 29.5 Å². The second-order valence-electron chi connectivity index (χ2n) is 5.80. The van der Waals surface area contributed by atoms with Crippen LogP contribution in [-0.4, -0.2) is 29.7 Å². The van der Waals surface area contributed by atoms with Crippen molar-refractivity contribution in [3.8, 4) is 0 Å². The van der Waals surface area contributed by atoms with Gasteiger partial charge in [0, 0.05) is 13.1 Å². The maximum Gasteiger partial charge on any atom is 0.410 e. The third-order valence-corrected chi connectivity index (χ3v) is 3.86. The molecule has 1 saturated heterocycles. The van der Waals surface area contributed by atoms with E-state index in [1.807, 2.05) is 25.7 Å². The number of likely N-dealkylation sites (tertiary alicyclic amines) is 1. The van der Waals surface area contributed by atoms with Crippen molar-refractivity contribution in [2.45, 2.75) is 45.1 Å². The van der Waals surface area contributed by atoms with Crippen LogP contribution in [0.15, 0.2) is 16.8 Å². The molecular formula is C14H21NO2S. The summed E-state index contributed by atoms with van der Waals surface area (Å²) in [7, 11) is 0. The summed E-state index contributed by atoms with van der Waals surface area (Å²) in [4.78, 5) is 13.7. The molecule has 100 valence electrons. The minimum atomic E-state index is -0.401. The van der Waals surface area contributed by atoms with E-state index in [4.69, 9.17) is 4.74 Å². The molecule has 0 spiro atoms. The van der Waals surface area contributed by atoms with Crippen LogP contribution in [0.3, 0.4) is 0 Å². The normalized spacial score (nSPS) is 17.8. The van der Waals surface area contributed by atoms with Crippen LogP contribution in [0.4, 0.5) is 4.79 Å². The Kier molecular flexibility index (Phi) is 3.95. The van der Waals surface area contributed by atoms with E-state index in [2.05, 4.69) is 16.8 Å².